The Labute approximate surface area is 141 Å². The lowest BCUT2D eigenvalue weighted by Gasteiger charge is -2.22. The van der Waals surface area contributed by atoms with Gasteiger partial charge in [-0.2, -0.15) is 0 Å². The van der Waals surface area contributed by atoms with E-state index in [1.807, 2.05) is 6.92 Å². The molecule has 7 heteroatoms. The van der Waals surface area contributed by atoms with Crippen molar-refractivity contribution in [1.82, 2.24) is 4.90 Å². The van der Waals surface area contributed by atoms with E-state index in [1.54, 1.807) is 25.2 Å². The van der Waals surface area contributed by atoms with Gasteiger partial charge < -0.3 is 9.31 Å². The van der Waals surface area contributed by atoms with Crippen LogP contribution in [0.5, 0.6) is 0 Å². The van der Waals surface area contributed by atoms with Crippen LogP contribution < -0.4 is 5.46 Å². The highest BCUT2D eigenvalue weighted by atomic mass is 16.6. The van der Waals surface area contributed by atoms with Gasteiger partial charge in [0.1, 0.15) is 0 Å². The Balaban J connectivity index is 1.77. The third-order valence-electron chi connectivity index (χ3n) is 4.27. The molecule has 1 heterocycles. The summed E-state index contributed by atoms with van der Waals surface area (Å²) in [5.41, 5.74) is 2.03. The fourth-order valence-electron chi connectivity index (χ4n) is 2.81. The van der Waals surface area contributed by atoms with Crippen LogP contribution in [0, 0.1) is 12.8 Å². The van der Waals surface area contributed by atoms with Crippen LogP contribution in [-0.4, -0.2) is 49.9 Å². The van der Waals surface area contributed by atoms with Crippen molar-refractivity contribution in [2.24, 2.45) is 5.92 Å². The molecule has 0 bridgehead atoms. The van der Waals surface area contributed by atoms with Crippen molar-refractivity contribution < 1.29 is 23.7 Å². The van der Waals surface area contributed by atoms with Gasteiger partial charge in [-0.05, 0) is 38.3 Å². The quantitative estimate of drug-likeness (QED) is 0.598. The molecule has 0 atom stereocenters. The first kappa shape index (κ1) is 16.7. The zero-order chi connectivity index (χ0) is 17.3. The van der Waals surface area contributed by atoms with Gasteiger partial charge in [0.2, 0.25) is 0 Å². The van der Waals surface area contributed by atoms with E-state index in [9.17, 15) is 14.4 Å². The Morgan fingerprint density at radius 1 is 1.21 bits per heavy atom. The van der Waals surface area contributed by atoms with Crippen LogP contribution >= 0.6 is 0 Å². The minimum Gasteiger partial charge on any atom is -0.494 e. The van der Waals surface area contributed by atoms with E-state index in [2.05, 4.69) is 0 Å². The minimum absolute atomic E-state index is 0.0303. The lowest BCUT2D eigenvalue weighted by atomic mass is 9.77. The molecular weight excluding hydrogens is 309 g/mol. The van der Waals surface area contributed by atoms with Gasteiger partial charge in [0.05, 0.1) is 13.1 Å². The van der Waals surface area contributed by atoms with E-state index in [0.29, 0.717) is 23.4 Å². The fraction of sp³-hybridized carbons (Fsp3) is 0.471. The second kappa shape index (κ2) is 6.77. The van der Waals surface area contributed by atoms with E-state index in [0.717, 1.165) is 18.4 Å². The number of likely N-dealkylation sites (N-methyl/N-ethyl adjacent to an activating group) is 1. The molecule has 0 spiro atoms. The number of ketones is 1. The Hall–Kier alpha value is -2.15. The van der Waals surface area contributed by atoms with Crippen LogP contribution in [0.3, 0.4) is 0 Å². The SMILES string of the molecule is Cc1cc(B2OC(=O)CN(C)CC(=O)O2)ccc1C(=O)CC1CC1. The highest BCUT2D eigenvalue weighted by Gasteiger charge is 2.34. The van der Waals surface area contributed by atoms with Gasteiger partial charge in [-0.3, -0.25) is 19.3 Å². The summed E-state index contributed by atoms with van der Waals surface area (Å²) in [6, 6.07) is 5.16. The molecule has 2 aliphatic rings. The second-order valence-corrected chi connectivity index (χ2v) is 6.63. The van der Waals surface area contributed by atoms with E-state index in [4.69, 9.17) is 9.31 Å². The third kappa shape index (κ3) is 4.03. The lowest BCUT2D eigenvalue weighted by Crippen LogP contribution is -2.48. The van der Waals surface area contributed by atoms with Crippen LogP contribution in [0.4, 0.5) is 0 Å². The van der Waals surface area contributed by atoms with Crippen molar-refractivity contribution in [2.45, 2.75) is 26.2 Å². The normalized spacial score (nSPS) is 19.3. The molecule has 1 aliphatic carbocycles. The summed E-state index contributed by atoms with van der Waals surface area (Å²) < 4.78 is 10.5. The number of hydrogen-bond donors (Lipinski definition) is 0. The Morgan fingerprint density at radius 3 is 2.38 bits per heavy atom. The smallest absolute Gasteiger partial charge is 0.494 e. The largest absolute Gasteiger partial charge is 0.636 e. The molecule has 0 unspecified atom stereocenters. The molecule has 1 aliphatic heterocycles. The van der Waals surface area contributed by atoms with Gasteiger partial charge in [-0.15, -0.1) is 0 Å². The lowest BCUT2D eigenvalue weighted by molar-refractivity contribution is -0.145. The van der Waals surface area contributed by atoms with Crippen molar-refractivity contribution >= 4 is 30.3 Å². The molecule has 24 heavy (non-hydrogen) atoms. The van der Waals surface area contributed by atoms with Gasteiger partial charge in [0.15, 0.2) is 5.78 Å². The molecule has 0 amide bonds. The first-order valence-electron chi connectivity index (χ1n) is 8.13. The summed E-state index contributed by atoms with van der Waals surface area (Å²) in [4.78, 5) is 37.4. The molecule has 3 rings (SSSR count). The van der Waals surface area contributed by atoms with Crippen LogP contribution in [0.2, 0.25) is 0 Å². The fourth-order valence-corrected chi connectivity index (χ4v) is 2.81. The average Bonchev–Trinajstić information content (AvgIpc) is 3.28. The van der Waals surface area contributed by atoms with Gasteiger partial charge in [-0.25, -0.2) is 0 Å². The predicted molar refractivity (Wildman–Crippen MR) is 87.9 cm³/mol. The zero-order valence-corrected chi connectivity index (χ0v) is 13.9. The molecule has 0 N–H and O–H groups in total. The number of rotatable bonds is 4. The molecular formula is C17H20BNO5. The second-order valence-electron chi connectivity index (χ2n) is 6.63. The summed E-state index contributed by atoms with van der Waals surface area (Å²) in [6.45, 7) is 1.90. The summed E-state index contributed by atoms with van der Waals surface area (Å²) >= 11 is 0. The topological polar surface area (TPSA) is 72.9 Å². The van der Waals surface area contributed by atoms with E-state index < -0.39 is 19.1 Å². The molecule has 126 valence electrons. The van der Waals surface area contributed by atoms with Crippen molar-refractivity contribution in [3.63, 3.8) is 0 Å². The molecule has 1 aromatic rings. The summed E-state index contributed by atoms with van der Waals surface area (Å²) in [6.07, 6.45) is 2.84. The zero-order valence-electron chi connectivity index (χ0n) is 13.9. The standard InChI is InChI=1S/C17H20BNO5/c1-11-7-13(5-6-14(11)15(20)8-12-3-4-12)18-23-16(21)9-19(2)10-17(22)24-18/h5-7,12H,3-4,8-10H2,1-2H3. The summed E-state index contributed by atoms with van der Waals surface area (Å²) in [7, 11) is 0.581. The average molecular weight is 329 g/mol. The number of hydrogen-bond acceptors (Lipinski definition) is 6. The Morgan fingerprint density at radius 2 is 1.83 bits per heavy atom. The number of carbonyl (C=O) groups excluding carboxylic acids is 3. The van der Waals surface area contributed by atoms with Crippen molar-refractivity contribution in [3.05, 3.63) is 29.3 Å². The maximum absolute atomic E-state index is 12.3. The number of nitrogens with zero attached hydrogens (tertiary/aromatic N) is 1. The number of carbonyl (C=O) groups is 3. The van der Waals surface area contributed by atoms with Crippen molar-refractivity contribution in [2.75, 3.05) is 20.1 Å². The van der Waals surface area contributed by atoms with E-state index >= 15 is 0 Å². The van der Waals surface area contributed by atoms with E-state index in [-0.39, 0.29) is 18.9 Å². The monoisotopic (exact) mass is 329 g/mol. The summed E-state index contributed by atoms with van der Waals surface area (Å²) in [5, 5.41) is 0. The van der Waals surface area contributed by atoms with Crippen LogP contribution in [-0.2, 0) is 18.9 Å². The molecule has 2 fully saturated rings. The van der Waals surface area contributed by atoms with Crippen LogP contribution in [0.15, 0.2) is 18.2 Å². The van der Waals surface area contributed by atoms with Crippen molar-refractivity contribution in [3.8, 4) is 0 Å². The molecule has 1 saturated heterocycles. The van der Waals surface area contributed by atoms with Crippen molar-refractivity contribution in [1.29, 1.82) is 0 Å². The first-order valence-corrected chi connectivity index (χ1v) is 8.13. The first-order chi connectivity index (χ1) is 11.4. The maximum Gasteiger partial charge on any atom is 0.636 e. The molecule has 0 aromatic heterocycles. The van der Waals surface area contributed by atoms with Crippen LogP contribution in [0.25, 0.3) is 0 Å². The highest BCUT2D eigenvalue weighted by molar-refractivity contribution is 6.64. The molecule has 0 radical (unpaired) electrons. The number of Topliss-reactive ketones (excluding diaryl/α,β-unsaturated/α-hetero) is 1. The predicted octanol–water partition coefficient (Wildman–Crippen LogP) is 0.705. The van der Waals surface area contributed by atoms with E-state index in [1.165, 1.54) is 4.90 Å². The summed E-state index contributed by atoms with van der Waals surface area (Å²) in [5.74, 6) is -0.251. The molecule has 1 aromatic carbocycles. The minimum atomic E-state index is -1.06. The molecule has 6 nitrogen and oxygen atoms in total. The van der Waals surface area contributed by atoms with Gasteiger partial charge in [0, 0.05) is 17.4 Å². The van der Waals surface area contributed by atoms with Gasteiger partial charge >= 0.3 is 19.1 Å². The highest BCUT2D eigenvalue weighted by Crippen LogP contribution is 2.33. The third-order valence-corrected chi connectivity index (χ3v) is 4.27. The number of benzene rings is 1. The number of aryl methyl sites for hydroxylation is 1. The van der Waals surface area contributed by atoms with Gasteiger partial charge in [-0.1, -0.05) is 18.2 Å². The maximum atomic E-state index is 12.3. The molecule has 1 saturated carbocycles. The Bertz CT molecular complexity index is 666. The van der Waals surface area contributed by atoms with Gasteiger partial charge in [0.25, 0.3) is 0 Å². The Kier molecular flexibility index (Phi) is 4.71. The van der Waals surface area contributed by atoms with Crippen LogP contribution in [0.1, 0.15) is 35.2 Å².